The van der Waals surface area contributed by atoms with E-state index in [4.69, 9.17) is 5.11 Å². The highest BCUT2D eigenvalue weighted by Crippen LogP contribution is 2.33. The van der Waals surface area contributed by atoms with Crippen LogP contribution < -0.4 is 4.90 Å². The highest BCUT2D eigenvalue weighted by Gasteiger charge is 2.35. The van der Waals surface area contributed by atoms with Crippen molar-refractivity contribution in [2.75, 3.05) is 31.6 Å². The van der Waals surface area contributed by atoms with Crippen LogP contribution in [0.5, 0.6) is 0 Å². The van der Waals surface area contributed by atoms with Gasteiger partial charge in [-0.05, 0) is 38.8 Å². The van der Waals surface area contributed by atoms with Gasteiger partial charge in [-0.25, -0.2) is 9.78 Å². The Morgan fingerprint density at radius 1 is 1.47 bits per heavy atom. The van der Waals surface area contributed by atoms with Crippen molar-refractivity contribution in [2.24, 2.45) is 5.92 Å². The quantitative estimate of drug-likeness (QED) is 0.895. The second-order valence-corrected chi connectivity index (χ2v) is 6.51. The number of carboxylic acid groups (broad SMARTS) is 1. The summed E-state index contributed by atoms with van der Waals surface area (Å²) in [7, 11) is 2.22. The number of hydrogen-bond donors (Lipinski definition) is 1. The fraction of sp³-hybridized carbons (Fsp3) is 0.692. The highest BCUT2D eigenvalue weighted by molar-refractivity contribution is 7.17. The van der Waals surface area contributed by atoms with Crippen LogP contribution in [0.15, 0.2) is 6.20 Å². The Bertz CT molecular complexity index is 476. The van der Waals surface area contributed by atoms with E-state index in [1.54, 1.807) is 0 Å². The van der Waals surface area contributed by atoms with Crippen molar-refractivity contribution in [1.82, 2.24) is 9.88 Å². The first-order valence-corrected chi connectivity index (χ1v) is 7.61. The Kier molecular flexibility index (Phi) is 3.45. The molecule has 3 rings (SSSR count). The number of anilines is 1. The molecular weight excluding hydrogens is 262 g/mol. The van der Waals surface area contributed by atoms with Crippen LogP contribution in [0.1, 0.15) is 28.9 Å². The summed E-state index contributed by atoms with van der Waals surface area (Å²) in [5, 5.41) is 9.83. The molecule has 6 heteroatoms. The molecular formula is C13H19N3O2S. The zero-order valence-electron chi connectivity index (χ0n) is 11.1. The molecule has 2 atom stereocenters. The van der Waals surface area contributed by atoms with Gasteiger partial charge in [0.05, 0.1) is 6.20 Å². The highest BCUT2D eigenvalue weighted by atomic mass is 32.1. The number of piperidine rings is 2. The van der Waals surface area contributed by atoms with E-state index >= 15 is 0 Å². The molecule has 3 heterocycles. The van der Waals surface area contributed by atoms with Gasteiger partial charge in [-0.2, -0.15) is 0 Å². The number of carboxylic acids is 1. The Morgan fingerprint density at radius 3 is 3.05 bits per heavy atom. The van der Waals surface area contributed by atoms with Crippen LogP contribution in [0.25, 0.3) is 0 Å². The minimum Gasteiger partial charge on any atom is -0.477 e. The summed E-state index contributed by atoms with van der Waals surface area (Å²) >= 11 is 1.29. The summed E-state index contributed by atoms with van der Waals surface area (Å²) in [6, 6.07) is 0.698. The van der Waals surface area contributed by atoms with Gasteiger partial charge in [0, 0.05) is 19.1 Å². The molecule has 19 heavy (non-hydrogen) atoms. The zero-order chi connectivity index (χ0) is 13.4. The van der Waals surface area contributed by atoms with Gasteiger partial charge in [-0.1, -0.05) is 11.3 Å². The van der Waals surface area contributed by atoms with E-state index in [0.717, 1.165) is 24.6 Å². The lowest BCUT2D eigenvalue weighted by atomic mass is 9.84. The van der Waals surface area contributed by atoms with Crippen molar-refractivity contribution in [2.45, 2.75) is 25.3 Å². The van der Waals surface area contributed by atoms with Crippen LogP contribution in [0.2, 0.25) is 0 Å². The maximum Gasteiger partial charge on any atom is 0.347 e. The Morgan fingerprint density at radius 2 is 2.32 bits per heavy atom. The molecule has 0 spiro atoms. The molecule has 2 unspecified atom stereocenters. The zero-order valence-corrected chi connectivity index (χ0v) is 11.9. The van der Waals surface area contributed by atoms with Crippen molar-refractivity contribution < 1.29 is 9.90 Å². The molecule has 1 aromatic heterocycles. The topological polar surface area (TPSA) is 56.7 Å². The van der Waals surface area contributed by atoms with Gasteiger partial charge in [0.25, 0.3) is 0 Å². The van der Waals surface area contributed by atoms with Crippen LogP contribution >= 0.6 is 11.3 Å². The number of nitrogens with zero attached hydrogens (tertiary/aromatic N) is 3. The molecule has 2 fully saturated rings. The van der Waals surface area contributed by atoms with Crippen LogP contribution in [-0.2, 0) is 0 Å². The van der Waals surface area contributed by atoms with Gasteiger partial charge in [-0.15, -0.1) is 0 Å². The molecule has 0 bridgehead atoms. The van der Waals surface area contributed by atoms with Crippen molar-refractivity contribution in [1.29, 1.82) is 0 Å². The number of thiazole rings is 1. The van der Waals surface area contributed by atoms with Gasteiger partial charge in [-0.3, -0.25) is 0 Å². The Labute approximate surface area is 116 Å². The minimum atomic E-state index is -0.879. The number of rotatable bonds is 2. The van der Waals surface area contributed by atoms with E-state index < -0.39 is 5.97 Å². The summed E-state index contributed by atoms with van der Waals surface area (Å²) in [5.74, 6) is -0.180. The average molecular weight is 281 g/mol. The van der Waals surface area contributed by atoms with E-state index in [1.807, 2.05) is 0 Å². The van der Waals surface area contributed by atoms with Crippen LogP contribution in [0, 0.1) is 5.92 Å². The predicted octanol–water partition coefficient (Wildman–Crippen LogP) is 1.76. The third kappa shape index (κ3) is 2.47. The van der Waals surface area contributed by atoms with Gasteiger partial charge in [0.15, 0.2) is 5.13 Å². The van der Waals surface area contributed by atoms with Crippen LogP contribution in [-0.4, -0.2) is 53.7 Å². The molecule has 104 valence electrons. The van der Waals surface area contributed by atoms with Crippen molar-refractivity contribution in [3.63, 3.8) is 0 Å². The molecule has 2 aliphatic rings. The molecule has 0 aliphatic carbocycles. The standard InChI is InChI=1S/C13H19N3O2S/c1-15-5-2-3-9-8-16(6-4-10(9)15)13-14-7-11(19-13)12(17)18/h7,9-10H,2-6,8H2,1H3,(H,17,18). The number of carbonyl (C=O) groups is 1. The van der Waals surface area contributed by atoms with Gasteiger partial charge >= 0.3 is 5.97 Å². The molecule has 2 aliphatic heterocycles. The van der Waals surface area contributed by atoms with Crippen LogP contribution in [0.4, 0.5) is 5.13 Å². The summed E-state index contributed by atoms with van der Waals surface area (Å²) in [4.78, 5) is 20.3. The second kappa shape index (κ2) is 5.09. The van der Waals surface area contributed by atoms with E-state index in [1.165, 1.54) is 36.9 Å². The number of likely N-dealkylation sites (tertiary alicyclic amines) is 1. The molecule has 0 radical (unpaired) electrons. The van der Waals surface area contributed by atoms with Gasteiger partial charge in [0.2, 0.25) is 0 Å². The molecule has 2 saturated heterocycles. The summed E-state index contributed by atoms with van der Waals surface area (Å²) in [6.45, 7) is 3.21. The molecule has 1 N–H and O–H groups in total. The third-order valence-electron chi connectivity index (χ3n) is 4.32. The van der Waals surface area contributed by atoms with E-state index in [9.17, 15) is 4.79 Å². The fourth-order valence-electron chi connectivity index (χ4n) is 3.34. The molecule has 5 nitrogen and oxygen atoms in total. The van der Waals surface area contributed by atoms with Crippen molar-refractivity contribution in [3.8, 4) is 0 Å². The number of fused-ring (bicyclic) bond motifs is 1. The largest absolute Gasteiger partial charge is 0.477 e. The minimum absolute atomic E-state index is 0.331. The number of hydrogen-bond acceptors (Lipinski definition) is 5. The fourth-order valence-corrected chi connectivity index (χ4v) is 4.13. The van der Waals surface area contributed by atoms with Gasteiger partial charge < -0.3 is 14.9 Å². The third-order valence-corrected chi connectivity index (χ3v) is 5.37. The lowest BCUT2D eigenvalue weighted by Crippen LogP contribution is -2.52. The summed E-state index contributed by atoms with van der Waals surface area (Å²) < 4.78 is 0. The first-order chi connectivity index (χ1) is 9.15. The second-order valence-electron chi connectivity index (χ2n) is 5.50. The van der Waals surface area contributed by atoms with Crippen molar-refractivity contribution in [3.05, 3.63) is 11.1 Å². The Balaban J connectivity index is 1.71. The van der Waals surface area contributed by atoms with E-state index in [-0.39, 0.29) is 0 Å². The monoisotopic (exact) mass is 281 g/mol. The van der Waals surface area contributed by atoms with Crippen molar-refractivity contribution >= 4 is 22.4 Å². The number of aromatic carboxylic acids is 1. The van der Waals surface area contributed by atoms with Crippen LogP contribution in [0.3, 0.4) is 0 Å². The molecule has 0 aromatic carbocycles. The molecule has 1 aromatic rings. The maximum absolute atomic E-state index is 10.9. The first kappa shape index (κ1) is 12.9. The smallest absolute Gasteiger partial charge is 0.347 e. The predicted molar refractivity (Wildman–Crippen MR) is 75.0 cm³/mol. The summed E-state index contributed by atoms with van der Waals surface area (Å²) in [5.41, 5.74) is 0. The lowest BCUT2D eigenvalue weighted by Gasteiger charge is -2.45. The maximum atomic E-state index is 10.9. The van der Waals surface area contributed by atoms with Gasteiger partial charge in [0.1, 0.15) is 4.88 Å². The normalized spacial score (nSPS) is 28.2. The number of aromatic nitrogens is 1. The van der Waals surface area contributed by atoms with E-state index in [2.05, 4.69) is 21.8 Å². The average Bonchev–Trinajstić information content (AvgIpc) is 2.88. The molecule has 0 amide bonds. The lowest BCUT2D eigenvalue weighted by molar-refractivity contribution is 0.0702. The van der Waals surface area contributed by atoms with E-state index in [0.29, 0.717) is 16.8 Å². The summed E-state index contributed by atoms with van der Waals surface area (Å²) in [6.07, 6.45) is 5.18. The Hall–Kier alpha value is -1.14. The SMILES string of the molecule is CN1CCCC2CN(c3ncc(C(=O)O)s3)CCC21. The first-order valence-electron chi connectivity index (χ1n) is 6.79. The molecule has 0 saturated carbocycles.